The smallest absolute Gasteiger partial charge is 0.416 e. The molecule has 0 aliphatic heterocycles. The third kappa shape index (κ3) is 13.6. The molecule has 6 heteroatoms. The van der Waals surface area contributed by atoms with E-state index >= 15 is 0 Å². The molecule has 0 radical (unpaired) electrons. The number of hydrogen-bond donors (Lipinski definition) is 1. The number of benzene rings is 1. The molecule has 162 valence electrons. The van der Waals surface area contributed by atoms with Gasteiger partial charge in [-0.3, -0.25) is 4.79 Å². The van der Waals surface area contributed by atoms with Gasteiger partial charge < -0.3 is 9.84 Å². The number of rotatable bonds is 15. The second kappa shape index (κ2) is 14.7. The summed E-state index contributed by atoms with van der Waals surface area (Å²) in [6.07, 6.45) is 13.0. The molecule has 1 N–H and O–H groups in total. The van der Waals surface area contributed by atoms with Gasteiger partial charge in [0.15, 0.2) is 0 Å². The molecule has 0 bridgehead atoms. The molecule has 1 rings (SSSR count). The molecule has 0 aromatic heterocycles. The van der Waals surface area contributed by atoms with Crippen molar-refractivity contribution >= 4 is 5.97 Å². The van der Waals surface area contributed by atoms with Gasteiger partial charge in [-0.15, -0.1) is 0 Å². The Morgan fingerprint density at radius 1 is 0.897 bits per heavy atom. The van der Waals surface area contributed by atoms with Gasteiger partial charge in [-0.25, -0.2) is 0 Å². The minimum Gasteiger partial charge on any atom is -0.493 e. The van der Waals surface area contributed by atoms with E-state index in [0.29, 0.717) is 19.4 Å². The molecule has 0 saturated heterocycles. The Morgan fingerprint density at radius 3 is 2.07 bits per heavy atom. The van der Waals surface area contributed by atoms with Crippen molar-refractivity contribution in [3.63, 3.8) is 0 Å². The zero-order chi connectivity index (χ0) is 21.4. The van der Waals surface area contributed by atoms with E-state index in [4.69, 9.17) is 9.84 Å². The lowest BCUT2D eigenvalue weighted by Gasteiger charge is -2.09. The van der Waals surface area contributed by atoms with Gasteiger partial charge in [-0.2, -0.15) is 13.2 Å². The van der Waals surface area contributed by atoms with E-state index in [1.807, 2.05) is 6.08 Å². The molecule has 0 heterocycles. The van der Waals surface area contributed by atoms with Crippen molar-refractivity contribution in [2.24, 2.45) is 0 Å². The monoisotopic (exact) mass is 412 g/mol. The van der Waals surface area contributed by atoms with Crippen LogP contribution in [0.15, 0.2) is 48.6 Å². The Morgan fingerprint density at radius 2 is 1.48 bits per heavy atom. The van der Waals surface area contributed by atoms with E-state index in [1.54, 1.807) is 0 Å². The van der Waals surface area contributed by atoms with Gasteiger partial charge in [0.25, 0.3) is 0 Å². The number of halogens is 3. The number of hydrogen-bond acceptors (Lipinski definition) is 2. The largest absolute Gasteiger partial charge is 0.493 e. The lowest BCUT2D eigenvalue weighted by Crippen LogP contribution is -2.05. The summed E-state index contributed by atoms with van der Waals surface area (Å²) in [4.78, 5) is 10.4. The van der Waals surface area contributed by atoms with Gasteiger partial charge in [0.05, 0.1) is 12.2 Å². The zero-order valence-electron chi connectivity index (χ0n) is 16.8. The third-order valence-corrected chi connectivity index (χ3v) is 4.30. The maximum Gasteiger partial charge on any atom is 0.416 e. The predicted octanol–water partition coefficient (Wildman–Crippen LogP) is 7.18. The van der Waals surface area contributed by atoms with Crippen molar-refractivity contribution < 1.29 is 27.8 Å². The highest BCUT2D eigenvalue weighted by atomic mass is 19.4. The third-order valence-electron chi connectivity index (χ3n) is 4.30. The molecule has 0 aliphatic rings. The van der Waals surface area contributed by atoms with Crippen molar-refractivity contribution in [2.45, 2.75) is 70.4 Å². The lowest BCUT2D eigenvalue weighted by atomic mass is 10.1. The van der Waals surface area contributed by atoms with Gasteiger partial charge in [-0.1, -0.05) is 43.2 Å². The molecular formula is C23H31F3O3. The number of carboxylic acids is 1. The van der Waals surface area contributed by atoms with Crippen molar-refractivity contribution in [3.8, 4) is 5.75 Å². The van der Waals surface area contributed by atoms with Crippen LogP contribution in [0.3, 0.4) is 0 Å². The molecule has 0 unspecified atom stereocenters. The Hall–Kier alpha value is -2.24. The summed E-state index contributed by atoms with van der Waals surface area (Å²) in [5.74, 6) is -0.500. The van der Waals surface area contributed by atoms with Gasteiger partial charge >= 0.3 is 12.1 Å². The molecule has 0 amide bonds. The fraction of sp³-hybridized carbons (Fsp3) is 0.522. The van der Waals surface area contributed by atoms with Crippen LogP contribution in [0.25, 0.3) is 0 Å². The van der Waals surface area contributed by atoms with Gasteiger partial charge in [0, 0.05) is 6.42 Å². The number of carbonyl (C=O) groups is 1. The summed E-state index contributed by atoms with van der Waals surface area (Å²) >= 11 is 0. The van der Waals surface area contributed by atoms with Crippen LogP contribution in [0.1, 0.15) is 69.8 Å². The molecule has 0 saturated carbocycles. The van der Waals surface area contributed by atoms with Crippen LogP contribution in [-0.2, 0) is 11.0 Å². The average molecular weight is 412 g/mol. The van der Waals surface area contributed by atoms with E-state index in [2.05, 4.69) is 18.2 Å². The number of unbranched alkanes of at least 4 members (excludes halogenated alkanes) is 6. The quantitative estimate of drug-likeness (QED) is 0.245. The van der Waals surface area contributed by atoms with Crippen molar-refractivity contribution in [1.29, 1.82) is 0 Å². The first-order chi connectivity index (χ1) is 13.9. The Balaban J connectivity index is 1.97. The van der Waals surface area contributed by atoms with E-state index in [-0.39, 0.29) is 12.2 Å². The fourth-order valence-corrected chi connectivity index (χ4v) is 2.73. The van der Waals surface area contributed by atoms with Gasteiger partial charge in [-0.05, 0) is 63.1 Å². The van der Waals surface area contributed by atoms with E-state index in [1.165, 1.54) is 18.6 Å². The van der Waals surface area contributed by atoms with Gasteiger partial charge in [0.1, 0.15) is 5.75 Å². The van der Waals surface area contributed by atoms with E-state index in [9.17, 15) is 18.0 Å². The molecule has 3 nitrogen and oxygen atoms in total. The highest BCUT2D eigenvalue weighted by Crippen LogP contribution is 2.31. The Labute approximate surface area is 171 Å². The molecule has 0 fully saturated rings. The molecule has 0 spiro atoms. The summed E-state index contributed by atoms with van der Waals surface area (Å²) in [6, 6.07) is 4.94. The van der Waals surface area contributed by atoms with Crippen LogP contribution in [0, 0.1) is 0 Å². The number of ether oxygens (including phenoxy) is 1. The van der Waals surface area contributed by atoms with Crippen molar-refractivity contribution in [3.05, 3.63) is 54.1 Å². The minimum atomic E-state index is -4.35. The molecular weight excluding hydrogens is 381 g/mol. The SMILES string of the molecule is O=C(O)CCC/C=C\CCCCCC/C=C/CCOc1cccc(C(F)(F)F)c1. The second-order valence-electron chi connectivity index (χ2n) is 6.88. The van der Waals surface area contributed by atoms with Crippen LogP contribution in [-0.4, -0.2) is 17.7 Å². The van der Waals surface area contributed by atoms with Crippen LogP contribution in [0.2, 0.25) is 0 Å². The molecule has 0 aliphatic carbocycles. The standard InChI is InChI=1S/C23H31F3O3/c24-23(25,26)20-15-14-16-21(19-20)29-18-13-11-9-7-5-3-1-2-4-6-8-10-12-17-22(27)28/h6,8-9,11,14-16,19H,1-5,7,10,12-13,17-18H2,(H,27,28)/b8-6-,11-9+. The second-order valence-corrected chi connectivity index (χ2v) is 6.88. The Bertz CT molecular complexity index is 637. The first-order valence-electron chi connectivity index (χ1n) is 10.2. The minimum absolute atomic E-state index is 0.231. The van der Waals surface area contributed by atoms with Crippen LogP contribution in [0.5, 0.6) is 5.75 Å². The van der Waals surface area contributed by atoms with Crippen molar-refractivity contribution in [1.82, 2.24) is 0 Å². The normalized spacial score (nSPS) is 12.1. The summed E-state index contributed by atoms with van der Waals surface area (Å²) in [5, 5.41) is 8.53. The first-order valence-corrected chi connectivity index (χ1v) is 10.2. The lowest BCUT2D eigenvalue weighted by molar-refractivity contribution is -0.138. The number of aliphatic carboxylic acids is 1. The van der Waals surface area contributed by atoms with Gasteiger partial charge in [0.2, 0.25) is 0 Å². The first kappa shape index (κ1) is 24.8. The summed E-state index contributed by atoms with van der Waals surface area (Å²) in [5.41, 5.74) is -0.695. The van der Waals surface area contributed by atoms with E-state index in [0.717, 1.165) is 50.7 Å². The predicted molar refractivity (Wildman–Crippen MR) is 109 cm³/mol. The number of carboxylic acid groups (broad SMARTS) is 1. The topological polar surface area (TPSA) is 46.5 Å². The summed E-state index contributed by atoms with van der Waals surface area (Å²) < 4.78 is 43.3. The molecule has 29 heavy (non-hydrogen) atoms. The summed E-state index contributed by atoms with van der Waals surface area (Å²) in [7, 11) is 0. The molecule has 1 aromatic carbocycles. The van der Waals surface area contributed by atoms with Crippen molar-refractivity contribution in [2.75, 3.05) is 6.61 Å². The average Bonchev–Trinajstić information content (AvgIpc) is 2.67. The number of allylic oxidation sites excluding steroid dienone is 3. The number of alkyl halides is 3. The van der Waals surface area contributed by atoms with Crippen LogP contribution < -0.4 is 4.74 Å². The fourth-order valence-electron chi connectivity index (χ4n) is 2.73. The Kier molecular flexibility index (Phi) is 12.6. The maximum atomic E-state index is 12.6. The molecule has 1 aromatic rings. The highest BCUT2D eigenvalue weighted by Gasteiger charge is 2.30. The summed E-state index contributed by atoms with van der Waals surface area (Å²) in [6.45, 7) is 0.358. The van der Waals surface area contributed by atoms with Crippen LogP contribution >= 0.6 is 0 Å². The zero-order valence-corrected chi connectivity index (χ0v) is 16.8. The van der Waals surface area contributed by atoms with E-state index < -0.39 is 17.7 Å². The maximum absolute atomic E-state index is 12.6. The highest BCUT2D eigenvalue weighted by molar-refractivity contribution is 5.66. The molecule has 0 atom stereocenters. The van der Waals surface area contributed by atoms with Crippen LogP contribution in [0.4, 0.5) is 13.2 Å².